The van der Waals surface area contributed by atoms with E-state index in [1.54, 1.807) is 24.3 Å². The average molecular weight is 365 g/mol. The van der Waals surface area contributed by atoms with Crippen LogP contribution in [0, 0.1) is 0 Å². The van der Waals surface area contributed by atoms with Crippen molar-refractivity contribution in [3.63, 3.8) is 0 Å². The second-order valence-electron chi connectivity index (χ2n) is 4.33. The number of ether oxygens (including phenoxy) is 2. The number of urea groups is 1. The predicted octanol–water partition coefficient (Wildman–Crippen LogP) is 4.01. The molecule has 0 aliphatic heterocycles. The summed E-state index contributed by atoms with van der Waals surface area (Å²) in [5, 5.41) is 5.33. The van der Waals surface area contributed by atoms with Crippen LogP contribution in [0.15, 0.2) is 53.0 Å². The monoisotopic (exact) mass is 364 g/mol. The lowest BCUT2D eigenvalue weighted by molar-refractivity contribution is 0.234. The first kappa shape index (κ1) is 16.2. The van der Waals surface area contributed by atoms with Crippen molar-refractivity contribution in [2.24, 2.45) is 0 Å². The van der Waals surface area contributed by atoms with E-state index in [1.807, 2.05) is 31.2 Å². The Kier molecular flexibility index (Phi) is 6.09. The van der Waals surface area contributed by atoms with E-state index in [9.17, 15) is 4.79 Å². The summed E-state index contributed by atoms with van der Waals surface area (Å²) < 4.78 is 11.7. The van der Waals surface area contributed by atoms with Crippen molar-refractivity contribution in [2.75, 3.05) is 18.7 Å². The Morgan fingerprint density at radius 1 is 1.00 bits per heavy atom. The summed E-state index contributed by atoms with van der Waals surface area (Å²) in [4.78, 5) is 11.7. The number of carbonyl (C=O) groups is 1. The average Bonchev–Trinajstić information content (AvgIpc) is 2.52. The van der Waals surface area contributed by atoms with Gasteiger partial charge < -0.3 is 20.1 Å². The maximum absolute atomic E-state index is 11.7. The normalized spacial score (nSPS) is 9.91. The molecule has 0 aliphatic rings. The van der Waals surface area contributed by atoms with Gasteiger partial charge in [-0.25, -0.2) is 4.79 Å². The minimum absolute atomic E-state index is 0.0797. The topological polar surface area (TPSA) is 59.6 Å². The number of nitrogens with one attached hydrogen (secondary N) is 2. The summed E-state index contributed by atoms with van der Waals surface area (Å²) in [5.41, 5.74) is 0.710. The number of hydrogen-bond acceptors (Lipinski definition) is 3. The van der Waals surface area contributed by atoms with Crippen molar-refractivity contribution in [2.45, 2.75) is 6.92 Å². The Morgan fingerprint density at radius 3 is 2.18 bits per heavy atom. The molecule has 0 saturated carbocycles. The number of amides is 2. The molecule has 2 aromatic carbocycles. The number of hydrogen-bond donors (Lipinski definition) is 2. The van der Waals surface area contributed by atoms with Gasteiger partial charge >= 0.3 is 6.03 Å². The van der Waals surface area contributed by atoms with Crippen LogP contribution in [0.4, 0.5) is 10.5 Å². The fourth-order valence-electron chi connectivity index (χ4n) is 1.69. The lowest BCUT2D eigenvalue weighted by Crippen LogP contribution is -2.31. The van der Waals surface area contributed by atoms with E-state index < -0.39 is 0 Å². The van der Waals surface area contributed by atoms with E-state index >= 15 is 0 Å². The summed E-state index contributed by atoms with van der Waals surface area (Å²) in [6, 6.07) is 14.2. The van der Waals surface area contributed by atoms with Crippen molar-refractivity contribution < 1.29 is 14.3 Å². The van der Waals surface area contributed by atoms with Crippen molar-refractivity contribution >= 4 is 27.6 Å². The number of rotatable bonds is 6. The Morgan fingerprint density at radius 2 is 1.59 bits per heavy atom. The SMILES string of the molecule is CCOc1ccc(OCNC(=O)Nc2ccc(Br)cc2)cc1. The predicted molar refractivity (Wildman–Crippen MR) is 89.4 cm³/mol. The quantitative estimate of drug-likeness (QED) is 0.761. The number of benzene rings is 2. The zero-order valence-corrected chi connectivity index (χ0v) is 13.7. The summed E-state index contributed by atoms with van der Waals surface area (Å²) in [6.45, 7) is 2.63. The Labute approximate surface area is 137 Å². The minimum atomic E-state index is -0.326. The molecule has 0 radical (unpaired) electrons. The molecule has 2 aromatic rings. The molecule has 0 bridgehead atoms. The third-order valence-corrected chi connectivity index (χ3v) is 3.24. The molecule has 0 unspecified atom stereocenters. The van der Waals surface area contributed by atoms with Crippen LogP contribution in [0.25, 0.3) is 0 Å². The van der Waals surface area contributed by atoms with Gasteiger partial charge in [-0.1, -0.05) is 15.9 Å². The van der Waals surface area contributed by atoms with Crippen LogP contribution >= 0.6 is 15.9 Å². The molecule has 0 fully saturated rings. The van der Waals surface area contributed by atoms with Gasteiger partial charge in [0.2, 0.25) is 0 Å². The Bertz CT molecular complexity index is 600. The summed E-state index contributed by atoms with van der Waals surface area (Å²) in [5.74, 6) is 1.45. The summed E-state index contributed by atoms with van der Waals surface area (Å²) in [7, 11) is 0. The molecule has 5 nitrogen and oxygen atoms in total. The Hall–Kier alpha value is -2.21. The van der Waals surface area contributed by atoms with Gasteiger partial charge in [-0.3, -0.25) is 0 Å². The lowest BCUT2D eigenvalue weighted by Gasteiger charge is -2.10. The molecule has 0 atom stereocenters. The number of anilines is 1. The Balaban J connectivity index is 1.73. The molecule has 2 N–H and O–H groups in total. The van der Waals surface area contributed by atoms with Crippen molar-refractivity contribution in [3.8, 4) is 11.5 Å². The summed E-state index contributed by atoms with van der Waals surface area (Å²) in [6.07, 6.45) is 0. The van der Waals surface area contributed by atoms with Crippen molar-refractivity contribution in [1.82, 2.24) is 5.32 Å². The van der Waals surface area contributed by atoms with Gasteiger partial charge in [0.1, 0.15) is 11.5 Å². The maximum atomic E-state index is 11.7. The van der Waals surface area contributed by atoms with Crippen LogP contribution in [0.1, 0.15) is 6.92 Å². The first-order chi connectivity index (χ1) is 10.7. The zero-order valence-electron chi connectivity index (χ0n) is 12.1. The molecular formula is C16H17BrN2O3. The van der Waals surface area contributed by atoms with Gasteiger partial charge in [0.25, 0.3) is 0 Å². The van der Waals surface area contributed by atoms with Gasteiger partial charge in [0, 0.05) is 10.2 Å². The van der Waals surface area contributed by atoms with Crippen LogP contribution in [0.5, 0.6) is 11.5 Å². The van der Waals surface area contributed by atoms with Gasteiger partial charge in [0.05, 0.1) is 6.61 Å². The molecule has 22 heavy (non-hydrogen) atoms. The van der Waals surface area contributed by atoms with E-state index in [0.717, 1.165) is 10.2 Å². The second kappa shape index (κ2) is 8.29. The van der Waals surface area contributed by atoms with Crippen LogP contribution in [-0.2, 0) is 0 Å². The number of carbonyl (C=O) groups excluding carboxylic acids is 1. The maximum Gasteiger partial charge on any atom is 0.321 e. The smallest absolute Gasteiger partial charge is 0.321 e. The van der Waals surface area contributed by atoms with E-state index in [4.69, 9.17) is 9.47 Å². The fourth-order valence-corrected chi connectivity index (χ4v) is 1.96. The van der Waals surface area contributed by atoms with Crippen LogP contribution in [0.2, 0.25) is 0 Å². The van der Waals surface area contributed by atoms with Gasteiger partial charge in [0.15, 0.2) is 6.73 Å². The molecule has 2 amide bonds. The molecule has 0 aliphatic carbocycles. The molecule has 0 aromatic heterocycles. The van der Waals surface area contributed by atoms with Gasteiger partial charge in [-0.2, -0.15) is 0 Å². The second-order valence-corrected chi connectivity index (χ2v) is 5.25. The van der Waals surface area contributed by atoms with E-state index in [0.29, 0.717) is 18.0 Å². The first-order valence-electron chi connectivity index (χ1n) is 6.83. The van der Waals surface area contributed by atoms with Crippen molar-refractivity contribution in [1.29, 1.82) is 0 Å². The van der Waals surface area contributed by atoms with E-state index in [-0.39, 0.29) is 12.8 Å². The third kappa shape index (κ3) is 5.29. The van der Waals surface area contributed by atoms with Crippen LogP contribution < -0.4 is 20.1 Å². The fraction of sp³-hybridized carbons (Fsp3) is 0.188. The van der Waals surface area contributed by atoms with E-state index in [1.165, 1.54) is 0 Å². The number of halogens is 1. The highest BCUT2D eigenvalue weighted by molar-refractivity contribution is 9.10. The van der Waals surface area contributed by atoms with Gasteiger partial charge in [-0.15, -0.1) is 0 Å². The highest BCUT2D eigenvalue weighted by Gasteiger charge is 2.01. The van der Waals surface area contributed by atoms with Crippen molar-refractivity contribution in [3.05, 3.63) is 53.0 Å². The molecule has 116 valence electrons. The first-order valence-corrected chi connectivity index (χ1v) is 7.63. The van der Waals surface area contributed by atoms with Crippen LogP contribution in [-0.4, -0.2) is 19.4 Å². The molecule has 2 rings (SSSR count). The lowest BCUT2D eigenvalue weighted by atomic mass is 10.3. The van der Waals surface area contributed by atoms with E-state index in [2.05, 4.69) is 26.6 Å². The van der Waals surface area contributed by atoms with Crippen LogP contribution in [0.3, 0.4) is 0 Å². The van der Waals surface area contributed by atoms with Gasteiger partial charge in [-0.05, 0) is 55.5 Å². The minimum Gasteiger partial charge on any atom is -0.494 e. The zero-order chi connectivity index (χ0) is 15.8. The highest BCUT2D eigenvalue weighted by Crippen LogP contribution is 2.17. The molecule has 0 heterocycles. The molecule has 6 heteroatoms. The molecule has 0 spiro atoms. The third-order valence-electron chi connectivity index (χ3n) is 2.71. The molecular weight excluding hydrogens is 348 g/mol. The standard InChI is InChI=1S/C16H17BrN2O3/c1-2-21-14-7-9-15(10-8-14)22-11-18-16(20)19-13-5-3-12(17)4-6-13/h3-10H,2,11H2,1H3,(H2,18,19,20). The largest absolute Gasteiger partial charge is 0.494 e. The highest BCUT2D eigenvalue weighted by atomic mass is 79.9. The summed E-state index contributed by atoms with van der Waals surface area (Å²) >= 11 is 3.34. The molecule has 0 saturated heterocycles.